The fourth-order valence-corrected chi connectivity index (χ4v) is 1.87. The predicted octanol–water partition coefficient (Wildman–Crippen LogP) is 0.787. The highest BCUT2D eigenvalue weighted by molar-refractivity contribution is 5.97. The quantitative estimate of drug-likeness (QED) is 0.737. The number of nitrogens with two attached hydrogens (primary N) is 1. The Morgan fingerprint density at radius 1 is 1.28 bits per heavy atom. The Morgan fingerprint density at radius 2 is 1.78 bits per heavy atom. The summed E-state index contributed by atoms with van der Waals surface area (Å²) in [6.07, 6.45) is -1.79. The third-order valence-corrected chi connectivity index (χ3v) is 2.62. The van der Waals surface area contributed by atoms with E-state index in [1.807, 2.05) is 32.9 Å². The molecule has 0 aliphatic rings. The van der Waals surface area contributed by atoms with Crippen molar-refractivity contribution in [3.05, 3.63) is 28.8 Å². The molecule has 1 aromatic rings. The zero-order chi connectivity index (χ0) is 13.9. The number of hydrogen-bond acceptors (Lipinski definition) is 3. The molecule has 1 aromatic carbocycles. The summed E-state index contributed by atoms with van der Waals surface area (Å²) in [4.78, 5) is 22.3. The van der Waals surface area contributed by atoms with Crippen molar-refractivity contribution < 1.29 is 14.7 Å². The minimum Gasteiger partial charge on any atom is -0.383 e. The molecule has 0 saturated heterocycles. The molecule has 5 nitrogen and oxygen atoms in total. The molecule has 0 aliphatic carbocycles. The summed E-state index contributed by atoms with van der Waals surface area (Å²) in [5, 5.41) is 12.1. The van der Waals surface area contributed by atoms with Gasteiger partial charge in [-0.1, -0.05) is 17.7 Å². The highest BCUT2D eigenvalue weighted by Crippen LogP contribution is 2.22. The molecule has 1 atom stereocenters. The van der Waals surface area contributed by atoms with Gasteiger partial charge in [-0.3, -0.25) is 9.59 Å². The third-order valence-electron chi connectivity index (χ3n) is 2.62. The Kier molecular flexibility index (Phi) is 4.44. The number of benzene rings is 1. The van der Waals surface area contributed by atoms with Crippen molar-refractivity contribution in [3.8, 4) is 0 Å². The molecule has 4 N–H and O–H groups in total. The maximum Gasteiger partial charge on any atom is 0.253 e. The third kappa shape index (κ3) is 3.56. The second-order valence-corrected chi connectivity index (χ2v) is 4.45. The van der Waals surface area contributed by atoms with Crippen LogP contribution in [0.4, 0.5) is 5.69 Å². The van der Waals surface area contributed by atoms with Crippen LogP contribution < -0.4 is 11.1 Å². The molecule has 0 bridgehead atoms. The van der Waals surface area contributed by atoms with E-state index in [9.17, 15) is 14.7 Å². The standard InChI is InChI=1S/C13H18N2O3/c1-7-4-8(2)12(9(3)5-7)15-13(18)10(16)6-11(14)17/h4-5,10,16H,6H2,1-3H3,(H2,14,17)(H,15,18). The van der Waals surface area contributed by atoms with Crippen LogP contribution in [-0.2, 0) is 9.59 Å². The van der Waals surface area contributed by atoms with Crippen molar-refractivity contribution in [2.75, 3.05) is 5.32 Å². The summed E-state index contributed by atoms with van der Waals surface area (Å²) in [6.45, 7) is 5.71. The minimum atomic E-state index is -1.41. The highest BCUT2D eigenvalue weighted by Gasteiger charge is 2.18. The maximum atomic E-state index is 11.7. The lowest BCUT2D eigenvalue weighted by Gasteiger charge is -2.15. The molecule has 0 aliphatic heterocycles. The van der Waals surface area contributed by atoms with Gasteiger partial charge in [-0.05, 0) is 31.9 Å². The zero-order valence-corrected chi connectivity index (χ0v) is 10.8. The van der Waals surface area contributed by atoms with Crippen LogP contribution in [0, 0.1) is 20.8 Å². The van der Waals surface area contributed by atoms with Gasteiger partial charge in [-0.2, -0.15) is 0 Å². The van der Waals surface area contributed by atoms with Crippen LogP contribution in [0.3, 0.4) is 0 Å². The second kappa shape index (κ2) is 5.64. The number of aliphatic hydroxyl groups excluding tert-OH is 1. The van der Waals surface area contributed by atoms with Crippen molar-refractivity contribution in [3.63, 3.8) is 0 Å². The van der Waals surface area contributed by atoms with Crippen LogP contribution >= 0.6 is 0 Å². The SMILES string of the molecule is Cc1cc(C)c(NC(=O)C(O)CC(N)=O)c(C)c1. The molecule has 0 aromatic heterocycles. The topological polar surface area (TPSA) is 92.4 Å². The number of aryl methyl sites for hydroxylation is 3. The van der Waals surface area contributed by atoms with Gasteiger partial charge in [0.25, 0.3) is 5.91 Å². The van der Waals surface area contributed by atoms with E-state index in [4.69, 9.17) is 5.73 Å². The minimum absolute atomic E-state index is 0.379. The Labute approximate surface area is 106 Å². The summed E-state index contributed by atoms with van der Waals surface area (Å²) in [5.74, 6) is -1.33. The Balaban J connectivity index is 2.85. The van der Waals surface area contributed by atoms with Gasteiger partial charge in [-0.25, -0.2) is 0 Å². The summed E-state index contributed by atoms with van der Waals surface area (Å²) < 4.78 is 0. The molecular formula is C13H18N2O3. The fraction of sp³-hybridized carbons (Fsp3) is 0.385. The van der Waals surface area contributed by atoms with Crippen LogP contribution in [0.2, 0.25) is 0 Å². The van der Waals surface area contributed by atoms with E-state index < -0.39 is 17.9 Å². The number of carbonyl (C=O) groups is 2. The van der Waals surface area contributed by atoms with Crippen molar-refractivity contribution in [1.82, 2.24) is 0 Å². The zero-order valence-electron chi connectivity index (χ0n) is 10.8. The Bertz CT molecular complexity index is 460. The van der Waals surface area contributed by atoms with Crippen LogP contribution in [0.15, 0.2) is 12.1 Å². The van der Waals surface area contributed by atoms with Crippen LogP contribution in [0.1, 0.15) is 23.1 Å². The number of nitrogens with one attached hydrogen (secondary N) is 1. The van der Waals surface area contributed by atoms with E-state index in [2.05, 4.69) is 5.32 Å². The van der Waals surface area contributed by atoms with E-state index in [1.165, 1.54) is 0 Å². The van der Waals surface area contributed by atoms with E-state index in [0.717, 1.165) is 16.7 Å². The van der Waals surface area contributed by atoms with E-state index in [-0.39, 0.29) is 6.42 Å². The first-order chi connectivity index (χ1) is 8.31. The van der Waals surface area contributed by atoms with Gasteiger partial charge < -0.3 is 16.2 Å². The number of amides is 2. The van der Waals surface area contributed by atoms with Gasteiger partial charge in [-0.15, -0.1) is 0 Å². The monoisotopic (exact) mass is 250 g/mol. The van der Waals surface area contributed by atoms with Gasteiger partial charge in [0.15, 0.2) is 0 Å². The predicted molar refractivity (Wildman–Crippen MR) is 69.1 cm³/mol. The van der Waals surface area contributed by atoms with Gasteiger partial charge in [0.05, 0.1) is 6.42 Å². The molecule has 98 valence electrons. The fourth-order valence-electron chi connectivity index (χ4n) is 1.87. The molecule has 0 spiro atoms. The van der Waals surface area contributed by atoms with E-state index >= 15 is 0 Å². The van der Waals surface area contributed by atoms with Crippen LogP contribution in [0.25, 0.3) is 0 Å². The molecule has 18 heavy (non-hydrogen) atoms. The van der Waals surface area contributed by atoms with Gasteiger partial charge >= 0.3 is 0 Å². The van der Waals surface area contributed by atoms with Crippen molar-refractivity contribution in [2.45, 2.75) is 33.3 Å². The molecule has 2 amide bonds. The van der Waals surface area contributed by atoms with E-state index in [1.54, 1.807) is 0 Å². The molecule has 5 heteroatoms. The first-order valence-corrected chi connectivity index (χ1v) is 5.66. The summed E-state index contributed by atoms with van der Waals surface area (Å²) in [7, 11) is 0. The maximum absolute atomic E-state index is 11.7. The number of aliphatic hydroxyl groups is 1. The molecule has 1 unspecified atom stereocenters. The number of carbonyl (C=O) groups excluding carboxylic acids is 2. The van der Waals surface area contributed by atoms with Gasteiger partial charge in [0.2, 0.25) is 5.91 Å². The smallest absolute Gasteiger partial charge is 0.253 e. The lowest BCUT2D eigenvalue weighted by Crippen LogP contribution is -2.32. The summed E-state index contributed by atoms with van der Waals surface area (Å²) in [6, 6.07) is 3.87. The normalized spacial score (nSPS) is 12.0. The Morgan fingerprint density at radius 3 is 2.22 bits per heavy atom. The average molecular weight is 250 g/mol. The lowest BCUT2D eigenvalue weighted by molar-refractivity contribution is -0.129. The number of anilines is 1. The Hall–Kier alpha value is -1.88. The average Bonchev–Trinajstić information content (AvgIpc) is 2.21. The molecule has 0 radical (unpaired) electrons. The first-order valence-electron chi connectivity index (χ1n) is 5.66. The number of primary amides is 1. The van der Waals surface area contributed by atoms with Gasteiger partial charge in [0.1, 0.15) is 6.10 Å². The second-order valence-electron chi connectivity index (χ2n) is 4.45. The van der Waals surface area contributed by atoms with Gasteiger partial charge in [0, 0.05) is 5.69 Å². The molecule has 0 heterocycles. The summed E-state index contributed by atoms with van der Waals surface area (Å²) in [5.41, 5.74) is 8.50. The van der Waals surface area contributed by atoms with Crippen molar-refractivity contribution >= 4 is 17.5 Å². The largest absolute Gasteiger partial charge is 0.383 e. The number of rotatable bonds is 4. The molecular weight excluding hydrogens is 232 g/mol. The molecule has 1 rings (SSSR count). The number of hydrogen-bond donors (Lipinski definition) is 3. The highest BCUT2D eigenvalue weighted by atomic mass is 16.3. The van der Waals surface area contributed by atoms with Crippen molar-refractivity contribution in [1.29, 1.82) is 0 Å². The van der Waals surface area contributed by atoms with Crippen LogP contribution in [-0.4, -0.2) is 23.0 Å². The molecule has 0 saturated carbocycles. The van der Waals surface area contributed by atoms with E-state index in [0.29, 0.717) is 5.69 Å². The summed E-state index contributed by atoms with van der Waals surface area (Å²) >= 11 is 0. The first kappa shape index (κ1) is 14.2. The lowest BCUT2D eigenvalue weighted by atomic mass is 10.0. The molecule has 0 fully saturated rings. The van der Waals surface area contributed by atoms with Crippen molar-refractivity contribution in [2.24, 2.45) is 5.73 Å². The van der Waals surface area contributed by atoms with Crippen LogP contribution in [0.5, 0.6) is 0 Å².